The first-order valence-electron chi connectivity index (χ1n) is 14.5. The Morgan fingerprint density at radius 1 is 1.17 bits per heavy atom. The second kappa shape index (κ2) is 9.64. The molecule has 2 aliphatic carbocycles. The lowest BCUT2D eigenvalue weighted by molar-refractivity contribution is 0.0890. The molecule has 1 unspecified atom stereocenters. The van der Waals surface area contributed by atoms with Crippen LogP contribution >= 0.6 is 0 Å². The summed E-state index contributed by atoms with van der Waals surface area (Å²) >= 11 is 0. The molecule has 0 bridgehead atoms. The lowest BCUT2D eigenvalue weighted by Gasteiger charge is -2.19. The summed E-state index contributed by atoms with van der Waals surface area (Å²) in [5.74, 6) is 1.06. The number of aromatic amines is 1. The van der Waals surface area contributed by atoms with E-state index >= 15 is 0 Å². The Morgan fingerprint density at radius 2 is 2.02 bits per heavy atom. The van der Waals surface area contributed by atoms with Gasteiger partial charge in [0.05, 0.1) is 6.04 Å². The van der Waals surface area contributed by atoms with Crippen molar-refractivity contribution in [3.05, 3.63) is 65.1 Å². The molecular weight excluding hydrogens is 516 g/mol. The molecule has 7 rings (SSSR count). The second-order valence-corrected chi connectivity index (χ2v) is 12.0. The van der Waals surface area contributed by atoms with E-state index in [9.17, 15) is 4.79 Å². The molecule has 0 aliphatic heterocycles. The quantitative estimate of drug-likeness (QED) is 0.248. The van der Waals surface area contributed by atoms with E-state index < -0.39 is 0 Å². The highest BCUT2D eigenvalue weighted by Crippen LogP contribution is 2.46. The molecule has 10 heteroatoms. The molecule has 2 N–H and O–H groups in total. The average Bonchev–Trinajstić information content (AvgIpc) is 3.30. The van der Waals surface area contributed by atoms with Crippen molar-refractivity contribution < 1.29 is 9.32 Å². The number of fused-ring (bicyclic) bond motifs is 2. The van der Waals surface area contributed by atoms with Crippen molar-refractivity contribution in [2.45, 2.75) is 83.7 Å². The van der Waals surface area contributed by atoms with Crippen LogP contribution in [-0.2, 0) is 11.8 Å². The van der Waals surface area contributed by atoms with E-state index in [1.54, 1.807) is 0 Å². The van der Waals surface area contributed by atoms with Crippen molar-refractivity contribution >= 4 is 17.1 Å². The third-order valence-electron chi connectivity index (χ3n) is 8.52. The predicted octanol–water partition coefficient (Wildman–Crippen LogP) is 6.01. The maximum Gasteiger partial charge on any atom is 0.315 e. The monoisotopic (exact) mass is 550 g/mol. The summed E-state index contributed by atoms with van der Waals surface area (Å²) in [6, 6.07) is 10.7. The van der Waals surface area contributed by atoms with Crippen molar-refractivity contribution in [3.8, 4) is 22.6 Å². The minimum Gasteiger partial charge on any atom is -0.341 e. The van der Waals surface area contributed by atoms with Crippen LogP contribution in [0.15, 0.2) is 41.1 Å². The molecule has 0 spiro atoms. The summed E-state index contributed by atoms with van der Waals surface area (Å²) in [6.07, 6.45) is 7.75. The number of aryl methyl sites for hydroxylation is 2. The van der Waals surface area contributed by atoms with Crippen LogP contribution in [0.3, 0.4) is 0 Å². The van der Waals surface area contributed by atoms with Crippen molar-refractivity contribution in [1.29, 1.82) is 0 Å². The molecule has 1 aromatic carbocycles. The Bertz CT molecular complexity index is 1770. The lowest BCUT2D eigenvalue weighted by Crippen LogP contribution is -2.29. The first-order chi connectivity index (χ1) is 19.8. The highest BCUT2D eigenvalue weighted by Gasteiger charge is 2.44. The molecule has 1 amide bonds. The zero-order chi connectivity index (χ0) is 28.3. The molecule has 4 aromatic heterocycles. The zero-order valence-corrected chi connectivity index (χ0v) is 23.9. The smallest absolute Gasteiger partial charge is 0.315 e. The van der Waals surface area contributed by atoms with Crippen LogP contribution in [0.4, 0.5) is 0 Å². The summed E-state index contributed by atoms with van der Waals surface area (Å²) in [7, 11) is 0. The van der Waals surface area contributed by atoms with Gasteiger partial charge in [0.2, 0.25) is 0 Å². The fourth-order valence-electron chi connectivity index (χ4n) is 5.88. The van der Waals surface area contributed by atoms with Crippen molar-refractivity contribution in [1.82, 2.24) is 40.2 Å². The van der Waals surface area contributed by atoms with Crippen LogP contribution in [0.1, 0.15) is 98.3 Å². The number of hydrogen-bond donors (Lipinski definition) is 2. The third kappa shape index (κ3) is 4.61. The van der Waals surface area contributed by atoms with Crippen molar-refractivity contribution in [3.63, 3.8) is 0 Å². The van der Waals surface area contributed by atoms with E-state index in [0.717, 1.165) is 77.8 Å². The minimum absolute atomic E-state index is 0.0393. The number of carbonyl (C=O) groups excluding carboxylic acids is 1. The van der Waals surface area contributed by atoms with Gasteiger partial charge in [-0.3, -0.25) is 9.48 Å². The van der Waals surface area contributed by atoms with Crippen LogP contribution in [0, 0.1) is 6.92 Å². The number of imidazole rings is 1. The van der Waals surface area contributed by atoms with Gasteiger partial charge in [-0.05, 0) is 81.7 Å². The number of nitrogens with one attached hydrogen (secondary N) is 2. The van der Waals surface area contributed by atoms with E-state index in [-0.39, 0.29) is 29.3 Å². The summed E-state index contributed by atoms with van der Waals surface area (Å²) < 4.78 is 7.33. The van der Waals surface area contributed by atoms with Gasteiger partial charge in [-0.1, -0.05) is 36.7 Å². The molecule has 2 aliphatic rings. The van der Waals surface area contributed by atoms with Gasteiger partial charge in [-0.15, -0.1) is 0 Å². The first-order valence-corrected chi connectivity index (χ1v) is 14.5. The van der Waals surface area contributed by atoms with Gasteiger partial charge < -0.3 is 14.8 Å². The molecule has 4 heterocycles. The maximum absolute atomic E-state index is 13.1. The SMILES string of the molecule is Cc1cc(-c2nc3c(-c4ccc5c(c4)CCCCC5NC(=O)c4nc(C5(C)CC5)no4)ccnc3[nH]2)nn1C(C)C. The Kier molecular flexibility index (Phi) is 6.02. The Morgan fingerprint density at radius 3 is 2.80 bits per heavy atom. The first kappa shape index (κ1) is 25.6. The van der Waals surface area contributed by atoms with Crippen LogP contribution in [-0.4, -0.2) is 40.8 Å². The summed E-state index contributed by atoms with van der Waals surface area (Å²) in [4.78, 5) is 30.3. The fourth-order valence-corrected chi connectivity index (χ4v) is 5.88. The standard InChI is InChI=1S/C31H34N8O2/c1-17(2)39-18(3)15-24(37-39)26-34-25-22(11-14-32-27(25)35-26)20-9-10-21-19(16-20)7-5-6-8-23(21)33-28(40)29-36-30(38-41-29)31(4)12-13-31/h9-11,14-17,23H,5-8,12-13H2,1-4H3,(H,33,40)(H,32,34,35). The molecule has 41 heavy (non-hydrogen) atoms. The molecule has 0 saturated heterocycles. The molecule has 1 fully saturated rings. The Hall–Kier alpha value is -4.34. The maximum atomic E-state index is 13.1. The molecule has 5 aromatic rings. The number of H-pyrrole nitrogens is 1. The Labute approximate surface area is 238 Å². The van der Waals surface area contributed by atoms with Gasteiger partial charge in [0.15, 0.2) is 17.3 Å². The van der Waals surface area contributed by atoms with Crippen LogP contribution in [0.25, 0.3) is 33.8 Å². The predicted molar refractivity (Wildman–Crippen MR) is 154 cm³/mol. The third-order valence-corrected chi connectivity index (χ3v) is 8.52. The number of amides is 1. The molecule has 1 atom stereocenters. The van der Waals surface area contributed by atoms with Crippen LogP contribution in [0.2, 0.25) is 0 Å². The molecule has 0 radical (unpaired) electrons. The summed E-state index contributed by atoms with van der Waals surface area (Å²) in [5.41, 5.74) is 7.84. The van der Waals surface area contributed by atoms with Crippen LogP contribution in [0.5, 0.6) is 0 Å². The number of pyridine rings is 1. The topological polar surface area (TPSA) is 127 Å². The molecular formula is C31H34N8O2. The van der Waals surface area contributed by atoms with Gasteiger partial charge in [-0.25, -0.2) is 9.97 Å². The number of aromatic nitrogens is 7. The number of carbonyl (C=O) groups is 1. The van der Waals surface area contributed by atoms with Gasteiger partial charge in [-0.2, -0.15) is 10.1 Å². The van der Waals surface area contributed by atoms with Gasteiger partial charge in [0.1, 0.15) is 11.2 Å². The second-order valence-electron chi connectivity index (χ2n) is 12.0. The number of benzene rings is 1. The number of rotatable bonds is 6. The lowest BCUT2D eigenvalue weighted by atomic mass is 9.94. The van der Waals surface area contributed by atoms with E-state index in [0.29, 0.717) is 11.6 Å². The Balaban J connectivity index is 1.18. The largest absolute Gasteiger partial charge is 0.341 e. The van der Waals surface area contributed by atoms with E-state index in [1.165, 1.54) is 5.56 Å². The molecule has 210 valence electrons. The minimum atomic E-state index is -0.315. The molecule has 10 nitrogen and oxygen atoms in total. The van der Waals surface area contributed by atoms with Crippen molar-refractivity contribution in [2.24, 2.45) is 0 Å². The summed E-state index contributed by atoms with van der Waals surface area (Å²) in [6.45, 7) is 8.39. The highest BCUT2D eigenvalue weighted by molar-refractivity contribution is 5.92. The van der Waals surface area contributed by atoms with Gasteiger partial charge >= 0.3 is 11.8 Å². The van der Waals surface area contributed by atoms with Gasteiger partial charge in [0, 0.05) is 28.9 Å². The van der Waals surface area contributed by atoms with Crippen LogP contribution < -0.4 is 5.32 Å². The van der Waals surface area contributed by atoms with Crippen molar-refractivity contribution in [2.75, 3.05) is 0 Å². The van der Waals surface area contributed by atoms with Gasteiger partial charge in [0.25, 0.3) is 0 Å². The fraction of sp³-hybridized carbons (Fsp3) is 0.419. The van der Waals surface area contributed by atoms with E-state index in [2.05, 4.69) is 77.4 Å². The number of hydrogen-bond acceptors (Lipinski definition) is 7. The summed E-state index contributed by atoms with van der Waals surface area (Å²) in [5, 5.41) is 12.0. The highest BCUT2D eigenvalue weighted by atomic mass is 16.5. The number of nitrogens with zero attached hydrogens (tertiary/aromatic N) is 6. The average molecular weight is 551 g/mol. The zero-order valence-electron chi connectivity index (χ0n) is 23.9. The molecule has 1 saturated carbocycles. The van der Waals surface area contributed by atoms with E-state index in [4.69, 9.17) is 14.6 Å². The normalized spacial score (nSPS) is 17.9. The van der Waals surface area contributed by atoms with E-state index in [1.807, 2.05) is 16.9 Å².